The minimum Gasteiger partial charge on any atom is -0.485 e. The van der Waals surface area contributed by atoms with Crippen molar-refractivity contribution in [3.8, 4) is 11.6 Å². The van der Waals surface area contributed by atoms with Gasteiger partial charge in [0.05, 0.1) is 25.5 Å². The molecule has 0 spiro atoms. The predicted octanol–water partition coefficient (Wildman–Crippen LogP) is 1.28. The topological polar surface area (TPSA) is 95.2 Å². The van der Waals surface area contributed by atoms with Gasteiger partial charge in [0, 0.05) is 20.2 Å². The Kier molecular flexibility index (Phi) is 4.59. The van der Waals surface area contributed by atoms with E-state index in [0.29, 0.717) is 17.4 Å². The fraction of sp³-hybridized carbons (Fsp3) is 0.533. The predicted molar refractivity (Wildman–Crippen MR) is 87.2 cm³/mol. The van der Waals surface area contributed by atoms with Crippen molar-refractivity contribution in [3.63, 3.8) is 0 Å². The fourth-order valence-corrected chi connectivity index (χ4v) is 2.85. The fourth-order valence-electron chi connectivity index (χ4n) is 2.85. The number of nitrogens with one attached hydrogen (secondary N) is 2. The molecule has 0 aromatic carbocycles. The van der Waals surface area contributed by atoms with Crippen molar-refractivity contribution in [1.82, 2.24) is 24.9 Å². The third-order valence-electron chi connectivity index (χ3n) is 4.05. The van der Waals surface area contributed by atoms with Gasteiger partial charge in [-0.2, -0.15) is 5.10 Å². The lowest BCUT2D eigenvalue weighted by Crippen LogP contribution is -2.44. The summed E-state index contributed by atoms with van der Waals surface area (Å²) in [6, 6.07) is 1.34. The quantitative estimate of drug-likeness (QED) is 0.859. The number of aromatic nitrogens is 4. The highest BCUT2D eigenvalue weighted by Gasteiger charge is 2.30. The number of carbonyl (C=O) groups is 1. The Morgan fingerprint density at radius 3 is 2.88 bits per heavy atom. The molecule has 2 aromatic rings. The van der Waals surface area contributed by atoms with Crippen LogP contribution in [0, 0.1) is 0 Å². The van der Waals surface area contributed by atoms with Crippen LogP contribution in [-0.2, 0) is 14.1 Å². The van der Waals surface area contributed by atoms with Crippen LogP contribution in [0.15, 0.2) is 18.5 Å². The second kappa shape index (κ2) is 6.81. The molecule has 0 unspecified atom stereocenters. The maximum atomic E-state index is 12.2. The first-order chi connectivity index (χ1) is 11.5. The molecule has 0 bridgehead atoms. The number of hydrogen-bond donors (Lipinski definition) is 2. The number of aryl methyl sites for hydroxylation is 2. The van der Waals surface area contributed by atoms with Crippen molar-refractivity contribution in [3.05, 3.63) is 18.5 Å². The Balaban J connectivity index is 1.57. The SMILES string of the molecule is COc1cc(NC(=O)N[C@@H]2CCC[C@@H]2Oc2cnn(C)c2)n(C)n1. The van der Waals surface area contributed by atoms with E-state index in [1.807, 2.05) is 13.2 Å². The summed E-state index contributed by atoms with van der Waals surface area (Å²) >= 11 is 0. The van der Waals surface area contributed by atoms with E-state index in [9.17, 15) is 4.79 Å². The van der Waals surface area contributed by atoms with E-state index in [4.69, 9.17) is 9.47 Å². The van der Waals surface area contributed by atoms with Crippen LogP contribution in [0.4, 0.5) is 10.6 Å². The van der Waals surface area contributed by atoms with Gasteiger partial charge >= 0.3 is 6.03 Å². The summed E-state index contributed by atoms with van der Waals surface area (Å²) < 4.78 is 14.2. The molecule has 2 atom stereocenters. The average Bonchev–Trinajstić information content (AvgIpc) is 3.23. The number of ether oxygens (including phenoxy) is 2. The average molecular weight is 334 g/mol. The van der Waals surface area contributed by atoms with Crippen LogP contribution in [0.25, 0.3) is 0 Å². The Bertz CT molecular complexity index is 710. The van der Waals surface area contributed by atoms with Crippen LogP contribution in [0.3, 0.4) is 0 Å². The third-order valence-corrected chi connectivity index (χ3v) is 4.05. The zero-order chi connectivity index (χ0) is 17.1. The number of hydrogen-bond acceptors (Lipinski definition) is 5. The van der Waals surface area contributed by atoms with Gasteiger partial charge in [-0.3, -0.25) is 10.00 Å². The summed E-state index contributed by atoms with van der Waals surface area (Å²) in [5.74, 6) is 1.73. The number of urea groups is 1. The highest BCUT2D eigenvalue weighted by Crippen LogP contribution is 2.24. The first-order valence-corrected chi connectivity index (χ1v) is 7.86. The van der Waals surface area contributed by atoms with E-state index < -0.39 is 0 Å². The summed E-state index contributed by atoms with van der Waals surface area (Å²) in [6.07, 6.45) is 6.23. The number of nitrogens with zero attached hydrogens (tertiary/aromatic N) is 4. The van der Waals surface area contributed by atoms with Crippen molar-refractivity contribution in [2.45, 2.75) is 31.4 Å². The van der Waals surface area contributed by atoms with E-state index in [1.165, 1.54) is 7.11 Å². The molecule has 2 amide bonds. The van der Waals surface area contributed by atoms with Crippen LogP contribution in [0.5, 0.6) is 11.6 Å². The van der Waals surface area contributed by atoms with Gasteiger partial charge in [-0.05, 0) is 19.3 Å². The lowest BCUT2D eigenvalue weighted by molar-refractivity contribution is 0.175. The zero-order valence-electron chi connectivity index (χ0n) is 14.0. The number of carbonyl (C=O) groups excluding carboxylic acids is 1. The maximum absolute atomic E-state index is 12.2. The Morgan fingerprint density at radius 2 is 2.21 bits per heavy atom. The third kappa shape index (κ3) is 3.61. The van der Waals surface area contributed by atoms with E-state index in [-0.39, 0.29) is 18.2 Å². The molecule has 24 heavy (non-hydrogen) atoms. The summed E-state index contributed by atoms with van der Waals surface area (Å²) in [5, 5.41) is 13.9. The molecule has 1 aliphatic rings. The number of amides is 2. The minimum absolute atomic E-state index is 0.0414. The van der Waals surface area contributed by atoms with Crippen molar-refractivity contribution in [2.75, 3.05) is 12.4 Å². The molecule has 0 saturated heterocycles. The zero-order valence-corrected chi connectivity index (χ0v) is 14.0. The summed E-state index contributed by atoms with van der Waals surface area (Å²) in [5.41, 5.74) is 0. The van der Waals surface area contributed by atoms with Crippen molar-refractivity contribution < 1.29 is 14.3 Å². The Morgan fingerprint density at radius 1 is 1.38 bits per heavy atom. The first kappa shape index (κ1) is 16.2. The lowest BCUT2D eigenvalue weighted by Gasteiger charge is -2.21. The molecule has 1 aliphatic carbocycles. The molecule has 2 heterocycles. The van der Waals surface area contributed by atoms with Gasteiger partial charge in [0.25, 0.3) is 0 Å². The second-order valence-corrected chi connectivity index (χ2v) is 5.84. The molecule has 1 saturated carbocycles. The van der Waals surface area contributed by atoms with E-state index >= 15 is 0 Å². The second-order valence-electron chi connectivity index (χ2n) is 5.84. The molecule has 0 radical (unpaired) electrons. The van der Waals surface area contributed by atoms with Gasteiger partial charge < -0.3 is 14.8 Å². The summed E-state index contributed by atoms with van der Waals surface area (Å²) in [6.45, 7) is 0. The van der Waals surface area contributed by atoms with Crippen LogP contribution in [-0.4, -0.2) is 44.8 Å². The molecule has 130 valence electrons. The van der Waals surface area contributed by atoms with Crippen molar-refractivity contribution in [2.24, 2.45) is 14.1 Å². The van der Waals surface area contributed by atoms with Crippen molar-refractivity contribution in [1.29, 1.82) is 0 Å². The van der Waals surface area contributed by atoms with E-state index in [2.05, 4.69) is 20.8 Å². The molecule has 2 N–H and O–H groups in total. The molecule has 9 heteroatoms. The molecular formula is C15H22N6O3. The smallest absolute Gasteiger partial charge is 0.320 e. The Labute approximate surface area is 139 Å². The van der Waals surface area contributed by atoms with Gasteiger partial charge in [-0.25, -0.2) is 9.48 Å². The molecule has 3 rings (SSSR count). The van der Waals surface area contributed by atoms with Crippen LogP contribution < -0.4 is 20.1 Å². The molecule has 1 fully saturated rings. The number of rotatable bonds is 5. The maximum Gasteiger partial charge on any atom is 0.320 e. The molecule has 9 nitrogen and oxygen atoms in total. The lowest BCUT2D eigenvalue weighted by atomic mass is 10.2. The van der Waals surface area contributed by atoms with Crippen LogP contribution >= 0.6 is 0 Å². The van der Waals surface area contributed by atoms with Gasteiger partial charge in [0.1, 0.15) is 11.9 Å². The van der Waals surface area contributed by atoms with Crippen LogP contribution in [0.1, 0.15) is 19.3 Å². The standard InChI is InChI=1S/C15H22N6O3/c1-20-9-10(8-16-20)24-12-6-4-5-11(12)17-15(22)18-13-7-14(23-3)19-21(13)2/h7-9,11-12H,4-6H2,1-3H3,(H2,17,18,22)/t11-,12+/m1/s1. The van der Waals surface area contributed by atoms with E-state index in [0.717, 1.165) is 19.3 Å². The van der Waals surface area contributed by atoms with E-state index in [1.54, 1.807) is 28.7 Å². The largest absolute Gasteiger partial charge is 0.485 e. The summed E-state index contributed by atoms with van der Waals surface area (Å²) in [7, 11) is 5.11. The highest BCUT2D eigenvalue weighted by molar-refractivity contribution is 5.88. The highest BCUT2D eigenvalue weighted by atomic mass is 16.5. The Hall–Kier alpha value is -2.71. The normalized spacial score (nSPS) is 20.0. The summed E-state index contributed by atoms with van der Waals surface area (Å²) in [4.78, 5) is 12.2. The number of anilines is 1. The molecule has 2 aromatic heterocycles. The van der Waals surface area contributed by atoms with Crippen molar-refractivity contribution >= 4 is 11.8 Å². The minimum atomic E-state index is -0.285. The van der Waals surface area contributed by atoms with Gasteiger partial charge in [0.15, 0.2) is 5.75 Å². The molecule has 0 aliphatic heterocycles. The first-order valence-electron chi connectivity index (χ1n) is 7.86. The van der Waals surface area contributed by atoms with Gasteiger partial charge in [-0.1, -0.05) is 0 Å². The molecular weight excluding hydrogens is 312 g/mol. The van der Waals surface area contributed by atoms with Gasteiger partial charge in [0.2, 0.25) is 5.88 Å². The van der Waals surface area contributed by atoms with Crippen LogP contribution in [0.2, 0.25) is 0 Å². The monoisotopic (exact) mass is 334 g/mol. The van der Waals surface area contributed by atoms with Gasteiger partial charge in [-0.15, -0.1) is 5.10 Å². The number of methoxy groups -OCH3 is 1.